The first-order valence-corrected chi connectivity index (χ1v) is 6.09. The monoisotopic (exact) mass is 270 g/mol. The number of amidine groups is 1. The van der Waals surface area contributed by atoms with E-state index in [1.54, 1.807) is 7.05 Å². The minimum absolute atomic E-state index is 0.321. The fraction of sp³-hybridized carbons (Fsp3) is 0.357. The van der Waals surface area contributed by atoms with Crippen LogP contribution in [0.3, 0.4) is 0 Å². The Balaban J connectivity index is 0.000000861. The number of nitrogens with zero attached hydrogens (tertiary/aromatic N) is 2. The third kappa shape index (κ3) is 3.84. The summed E-state index contributed by atoms with van der Waals surface area (Å²) in [6.45, 7) is 3.68. The van der Waals surface area contributed by atoms with E-state index in [0.717, 1.165) is 11.8 Å². The van der Waals surface area contributed by atoms with E-state index in [9.17, 15) is 13.2 Å². The maximum atomic E-state index is 12.5. The second-order valence-corrected chi connectivity index (χ2v) is 3.77. The molecule has 0 atom stereocenters. The van der Waals surface area contributed by atoms with Gasteiger partial charge in [0.1, 0.15) is 5.84 Å². The van der Waals surface area contributed by atoms with Gasteiger partial charge in [-0.15, -0.1) is 0 Å². The minimum Gasteiger partial charge on any atom is -0.336 e. The summed E-state index contributed by atoms with van der Waals surface area (Å²) in [5.74, 6) is 0.554. The third-order valence-electron chi connectivity index (χ3n) is 2.48. The zero-order valence-electron chi connectivity index (χ0n) is 11.2. The highest BCUT2D eigenvalue weighted by molar-refractivity contribution is 5.99. The molecule has 5 heteroatoms. The van der Waals surface area contributed by atoms with Gasteiger partial charge in [0.25, 0.3) is 0 Å². The van der Waals surface area contributed by atoms with Crippen molar-refractivity contribution in [2.75, 3.05) is 13.6 Å². The Hall–Kier alpha value is -1.78. The molecule has 0 spiro atoms. The SMILES string of the molecule is CC.CN1C=C(C(F)(F)F)CN=C1c1ccccc1. The first-order chi connectivity index (χ1) is 8.98. The lowest BCUT2D eigenvalue weighted by Gasteiger charge is -2.24. The Kier molecular flexibility index (Phi) is 5.15. The van der Waals surface area contributed by atoms with Crippen molar-refractivity contribution < 1.29 is 13.2 Å². The predicted molar refractivity (Wildman–Crippen MR) is 71.1 cm³/mol. The molecule has 1 aromatic rings. The summed E-state index contributed by atoms with van der Waals surface area (Å²) in [6, 6.07) is 9.15. The highest BCUT2D eigenvalue weighted by atomic mass is 19.4. The molecule has 0 aromatic heterocycles. The molecule has 0 amide bonds. The summed E-state index contributed by atoms with van der Waals surface area (Å²) in [5.41, 5.74) is 0.187. The predicted octanol–water partition coefficient (Wildman–Crippen LogP) is 3.85. The van der Waals surface area contributed by atoms with Gasteiger partial charge in [0, 0.05) is 18.8 Å². The topological polar surface area (TPSA) is 15.6 Å². The molecule has 1 aromatic carbocycles. The van der Waals surface area contributed by atoms with E-state index in [0.29, 0.717) is 5.84 Å². The molecule has 2 nitrogen and oxygen atoms in total. The molecule has 0 saturated carbocycles. The van der Waals surface area contributed by atoms with Crippen LogP contribution < -0.4 is 0 Å². The lowest BCUT2D eigenvalue weighted by atomic mass is 10.1. The van der Waals surface area contributed by atoms with E-state index in [4.69, 9.17) is 0 Å². The van der Waals surface area contributed by atoms with Gasteiger partial charge in [-0.05, 0) is 0 Å². The summed E-state index contributed by atoms with van der Waals surface area (Å²) in [4.78, 5) is 5.39. The van der Waals surface area contributed by atoms with Gasteiger partial charge in [0.05, 0.1) is 12.1 Å². The zero-order valence-corrected chi connectivity index (χ0v) is 11.2. The van der Waals surface area contributed by atoms with Crippen molar-refractivity contribution in [1.29, 1.82) is 0 Å². The first kappa shape index (κ1) is 15.3. The van der Waals surface area contributed by atoms with E-state index >= 15 is 0 Å². The second kappa shape index (κ2) is 6.41. The molecule has 0 bridgehead atoms. The van der Waals surface area contributed by atoms with Gasteiger partial charge in [0.2, 0.25) is 0 Å². The van der Waals surface area contributed by atoms with Gasteiger partial charge in [-0.25, -0.2) is 0 Å². The van der Waals surface area contributed by atoms with E-state index in [2.05, 4.69) is 4.99 Å². The van der Waals surface area contributed by atoms with Crippen LogP contribution in [0.15, 0.2) is 47.1 Å². The number of hydrogen-bond acceptors (Lipinski definition) is 2. The molecule has 0 fully saturated rings. The molecule has 1 aliphatic rings. The normalized spacial score (nSPS) is 15.2. The highest BCUT2D eigenvalue weighted by Crippen LogP contribution is 2.28. The average molecular weight is 270 g/mol. The van der Waals surface area contributed by atoms with Crippen molar-refractivity contribution in [3.63, 3.8) is 0 Å². The van der Waals surface area contributed by atoms with Gasteiger partial charge in [-0.2, -0.15) is 13.2 Å². The largest absolute Gasteiger partial charge is 0.415 e. The van der Waals surface area contributed by atoms with Crippen LogP contribution in [-0.2, 0) is 0 Å². The van der Waals surface area contributed by atoms with Gasteiger partial charge in [0.15, 0.2) is 0 Å². The second-order valence-electron chi connectivity index (χ2n) is 3.77. The molecule has 104 valence electrons. The molecule has 19 heavy (non-hydrogen) atoms. The number of alkyl halides is 3. The van der Waals surface area contributed by atoms with Crippen molar-refractivity contribution in [1.82, 2.24) is 4.90 Å². The number of aliphatic imine (C=N–C) groups is 1. The summed E-state index contributed by atoms with van der Waals surface area (Å²) in [7, 11) is 1.57. The van der Waals surface area contributed by atoms with E-state index in [1.807, 2.05) is 44.2 Å². The lowest BCUT2D eigenvalue weighted by Crippen LogP contribution is -2.30. The van der Waals surface area contributed by atoms with E-state index < -0.39 is 11.7 Å². The van der Waals surface area contributed by atoms with Crippen LogP contribution in [0, 0.1) is 0 Å². The molecule has 0 saturated heterocycles. The summed E-state index contributed by atoms with van der Waals surface area (Å²) in [5, 5.41) is 0. The molecule has 0 unspecified atom stereocenters. The van der Waals surface area contributed by atoms with Crippen molar-refractivity contribution in [3.8, 4) is 0 Å². The van der Waals surface area contributed by atoms with Crippen molar-refractivity contribution >= 4 is 5.84 Å². The molecule has 1 aliphatic heterocycles. The minimum atomic E-state index is -4.31. The van der Waals surface area contributed by atoms with Crippen molar-refractivity contribution in [3.05, 3.63) is 47.7 Å². The lowest BCUT2D eigenvalue weighted by molar-refractivity contribution is -0.0932. The molecule has 2 rings (SSSR count). The Bertz CT molecular complexity index is 461. The van der Waals surface area contributed by atoms with Gasteiger partial charge >= 0.3 is 6.18 Å². The van der Waals surface area contributed by atoms with Crippen LogP contribution in [0.2, 0.25) is 0 Å². The molecule has 1 heterocycles. The van der Waals surface area contributed by atoms with Gasteiger partial charge in [-0.3, -0.25) is 4.99 Å². The standard InChI is InChI=1S/C12H11F3N2.C2H6/c1-17-8-10(12(13,14)15)7-16-11(17)9-5-3-2-4-6-9;1-2/h2-6,8H,7H2,1H3;1-2H3. The van der Waals surface area contributed by atoms with Crippen LogP contribution in [0.25, 0.3) is 0 Å². The Morgan fingerprint density at radius 3 is 2.16 bits per heavy atom. The summed E-state index contributed by atoms with van der Waals surface area (Å²) >= 11 is 0. The molecule has 0 aliphatic carbocycles. The summed E-state index contributed by atoms with van der Waals surface area (Å²) in [6.07, 6.45) is -3.21. The zero-order chi connectivity index (χ0) is 14.5. The molecular weight excluding hydrogens is 253 g/mol. The van der Waals surface area contributed by atoms with Crippen molar-refractivity contribution in [2.24, 2.45) is 4.99 Å². The molecular formula is C14H17F3N2. The number of benzene rings is 1. The fourth-order valence-electron chi connectivity index (χ4n) is 1.65. The highest BCUT2D eigenvalue weighted by Gasteiger charge is 2.35. The summed E-state index contributed by atoms with van der Waals surface area (Å²) < 4.78 is 37.4. The van der Waals surface area contributed by atoms with Crippen LogP contribution >= 0.6 is 0 Å². The molecule has 0 N–H and O–H groups in total. The Morgan fingerprint density at radius 2 is 1.68 bits per heavy atom. The van der Waals surface area contributed by atoms with Crippen molar-refractivity contribution in [2.45, 2.75) is 20.0 Å². The number of hydrogen-bond donors (Lipinski definition) is 0. The van der Waals surface area contributed by atoms with Crippen LogP contribution in [0.5, 0.6) is 0 Å². The van der Waals surface area contributed by atoms with E-state index in [-0.39, 0.29) is 6.54 Å². The van der Waals surface area contributed by atoms with Gasteiger partial charge < -0.3 is 4.90 Å². The Labute approximate surface area is 111 Å². The van der Waals surface area contributed by atoms with Crippen LogP contribution in [0.1, 0.15) is 19.4 Å². The number of rotatable bonds is 1. The maximum absolute atomic E-state index is 12.5. The van der Waals surface area contributed by atoms with Crippen LogP contribution in [-0.4, -0.2) is 30.5 Å². The average Bonchev–Trinajstić information content (AvgIpc) is 2.41. The van der Waals surface area contributed by atoms with Crippen LogP contribution in [0.4, 0.5) is 13.2 Å². The van der Waals surface area contributed by atoms with E-state index in [1.165, 1.54) is 4.90 Å². The first-order valence-electron chi connectivity index (χ1n) is 6.09. The fourth-order valence-corrected chi connectivity index (χ4v) is 1.65. The van der Waals surface area contributed by atoms with Gasteiger partial charge in [-0.1, -0.05) is 44.2 Å². The smallest absolute Gasteiger partial charge is 0.336 e. The third-order valence-corrected chi connectivity index (χ3v) is 2.48. The quantitative estimate of drug-likeness (QED) is 0.756. The molecule has 0 radical (unpaired) electrons. The number of halogens is 3. The Morgan fingerprint density at radius 1 is 1.11 bits per heavy atom. The maximum Gasteiger partial charge on any atom is 0.415 e.